The number of carbonyl (C=O) groups excluding carboxylic acids is 1. The first-order valence-electron chi connectivity index (χ1n) is 9.61. The van der Waals surface area contributed by atoms with Gasteiger partial charge in [-0.3, -0.25) is 4.79 Å². The number of aromatic amines is 1. The second-order valence-electron chi connectivity index (χ2n) is 7.37. The highest BCUT2D eigenvalue weighted by Gasteiger charge is 2.26. The van der Waals surface area contributed by atoms with Gasteiger partial charge in [0.05, 0.1) is 20.8 Å². The van der Waals surface area contributed by atoms with Gasteiger partial charge in [0, 0.05) is 5.92 Å². The minimum Gasteiger partial charge on any atom is -0.286 e. The van der Waals surface area contributed by atoms with E-state index in [0.717, 1.165) is 39.7 Å². The zero-order valence-electron chi connectivity index (χ0n) is 15.8. The van der Waals surface area contributed by atoms with Crippen molar-refractivity contribution < 1.29 is 4.79 Å². The molecule has 1 aliphatic carbocycles. The first-order valence-corrected chi connectivity index (χ1v) is 12.2. The molecule has 0 bridgehead atoms. The lowest BCUT2D eigenvalue weighted by Crippen LogP contribution is -2.12. The Morgan fingerprint density at radius 3 is 2.76 bits per heavy atom. The summed E-state index contributed by atoms with van der Waals surface area (Å²) >= 11 is 4.32. The number of thiophene rings is 2. The van der Waals surface area contributed by atoms with Crippen LogP contribution in [0.3, 0.4) is 0 Å². The summed E-state index contributed by atoms with van der Waals surface area (Å²) in [6, 6.07) is 5.65. The van der Waals surface area contributed by atoms with Gasteiger partial charge in [-0.25, -0.2) is 9.97 Å². The van der Waals surface area contributed by atoms with E-state index in [0.29, 0.717) is 21.6 Å². The minimum absolute atomic E-state index is 0.0571. The average Bonchev–Trinajstić information content (AvgIpc) is 3.49. The van der Waals surface area contributed by atoms with Gasteiger partial charge < -0.3 is 0 Å². The van der Waals surface area contributed by atoms with Gasteiger partial charge in [-0.15, -0.1) is 27.8 Å². The van der Waals surface area contributed by atoms with Gasteiger partial charge in [-0.2, -0.15) is 10.3 Å². The fourth-order valence-corrected chi connectivity index (χ4v) is 6.10. The number of hydrogen-bond acceptors (Lipinski definition) is 8. The van der Waals surface area contributed by atoms with Gasteiger partial charge in [0.15, 0.2) is 5.16 Å². The molecule has 0 saturated heterocycles. The quantitative estimate of drug-likeness (QED) is 0.323. The second-order valence-corrected chi connectivity index (χ2v) is 10.2. The molecular formula is C20H19N5OS3. The maximum Gasteiger partial charge on any atom is 0.222 e. The fraction of sp³-hybridized carbons (Fsp3) is 0.350. The Morgan fingerprint density at radius 1 is 1.10 bits per heavy atom. The van der Waals surface area contributed by atoms with E-state index in [1.54, 1.807) is 0 Å². The zero-order chi connectivity index (χ0) is 19.8. The van der Waals surface area contributed by atoms with E-state index in [2.05, 4.69) is 32.3 Å². The van der Waals surface area contributed by atoms with Crippen molar-refractivity contribution >= 4 is 50.4 Å². The van der Waals surface area contributed by atoms with Crippen LogP contribution in [0.4, 0.5) is 0 Å². The summed E-state index contributed by atoms with van der Waals surface area (Å²) in [6.07, 6.45) is 4.71. The van der Waals surface area contributed by atoms with Crippen molar-refractivity contribution in [1.29, 1.82) is 0 Å². The highest BCUT2D eigenvalue weighted by molar-refractivity contribution is 7.99. The topological polar surface area (TPSA) is 84.4 Å². The summed E-state index contributed by atoms with van der Waals surface area (Å²) in [5, 5.41) is 16.8. The van der Waals surface area contributed by atoms with E-state index in [1.807, 2.05) is 29.0 Å². The Morgan fingerprint density at radius 2 is 1.97 bits per heavy atom. The van der Waals surface area contributed by atoms with Crippen molar-refractivity contribution in [2.24, 2.45) is 5.92 Å². The molecule has 0 aromatic carbocycles. The van der Waals surface area contributed by atoms with Crippen LogP contribution in [0.25, 0.3) is 10.2 Å². The van der Waals surface area contributed by atoms with E-state index in [9.17, 15) is 4.79 Å². The van der Waals surface area contributed by atoms with Crippen molar-refractivity contribution in [3.8, 4) is 0 Å². The molecule has 0 spiro atoms. The van der Waals surface area contributed by atoms with Crippen molar-refractivity contribution in [2.45, 2.75) is 48.7 Å². The maximum absolute atomic E-state index is 13.0. The molecule has 148 valence electrons. The van der Waals surface area contributed by atoms with E-state index in [1.165, 1.54) is 47.3 Å². The van der Waals surface area contributed by atoms with Crippen molar-refractivity contribution in [2.75, 3.05) is 0 Å². The molecule has 1 fully saturated rings. The van der Waals surface area contributed by atoms with E-state index >= 15 is 0 Å². The van der Waals surface area contributed by atoms with Crippen molar-refractivity contribution in [3.05, 3.63) is 45.2 Å². The predicted octanol–water partition coefficient (Wildman–Crippen LogP) is 5.55. The second kappa shape index (κ2) is 7.97. The van der Waals surface area contributed by atoms with Gasteiger partial charge in [-0.05, 0) is 53.4 Å². The number of nitrogens with zero attached hydrogens (tertiary/aromatic N) is 4. The third kappa shape index (κ3) is 3.74. The van der Waals surface area contributed by atoms with Gasteiger partial charge in [0.2, 0.25) is 5.78 Å². The van der Waals surface area contributed by atoms with Crippen molar-refractivity contribution in [1.82, 2.24) is 25.4 Å². The fourth-order valence-electron chi connectivity index (χ4n) is 3.76. The molecule has 1 N–H and O–H groups in total. The van der Waals surface area contributed by atoms with E-state index < -0.39 is 0 Å². The molecule has 6 nitrogen and oxygen atoms in total. The molecule has 0 unspecified atom stereocenters. The number of rotatable bonds is 5. The first kappa shape index (κ1) is 18.9. The molecule has 0 aliphatic heterocycles. The summed E-state index contributed by atoms with van der Waals surface area (Å²) in [6.45, 7) is 2.31. The molecule has 9 heteroatoms. The van der Waals surface area contributed by atoms with Gasteiger partial charge in [0.1, 0.15) is 10.7 Å². The van der Waals surface area contributed by atoms with Gasteiger partial charge >= 0.3 is 0 Å². The Labute approximate surface area is 180 Å². The lowest BCUT2D eigenvalue weighted by Gasteiger charge is -2.24. The van der Waals surface area contributed by atoms with E-state index in [-0.39, 0.29) is 5.78 Å². The van der Waals surface area contributed by atoms with Crippen molar-refractivity contribution in [3.63, 3.8) is 0 Å². The maximum atomic E-state index is 13.0. The molecule has 0 radical (unpaired) electrons. The van der Waals surface area contributed by atoms with Crippen LogP contribution in [-0.4, -0.2) is 31.2 Å². The summed E-state index contributed by atoms with van der Waals surface area (Å²) in [7, 11) is 0. The van der Waals surface area contributed by atoms with Crippen LogP contribution in [0.15, 0.2) is 39.1 Å². The Hall–Kier alpha value is -2.10. The molecule has 29 heavy (non-hydrogen) atoms. The molecule has 5 rings (SSSR count). The standard InChI is InChI=1S/C20H19N5OS3/c1-11-4-6-12(7-5-11)15-19(24-25-23-15)29-20-21-13-8-10-28-18(13)16(22-20)17(26)14-3-2-9-27-14/h2-3,8-12H,4-7H2,1H3,(H,23,24,25). The highest BCUT2D eigenvalue weighted by atomic mass is 32.2. The Kier molecular flexibility index (Phi) is 5.19. The van der Waals surface area contributed by atoms with Gasteiger partial charge in [-0.1, -0.05) is 25.8 Å². The number of carbonyl (C=O) groups is 1. The average molecular weight is 442 g/mol. The van der Waals surface area contributed by atoms with Crippen LogP contribution in [0, 0.1) is 5.92 Å². The van der Waals surface area contributed by atoms with Gasteiger partial charge in [0.25, 0.3) is 0 Å². The number of aromatic nitrogens is 5. The molecule has 4 aromatic rings. The number of H-pyrrole nitrogens is 1. The third-order valence-electron chi connectivity index (χ3n) is 5.37. The van der Waals surface area contributed by atoms with Crippen LogP contribution in [0.1, 0.15) is 59.6 Å². The number of hydrogen-bond donors (Lipinski definition) is 1. The molecular weight excluding hydrogens is 422 g/mol. The molecule has 0 amide bonds. The zero-order valence-corrected chi connectivity index (χ0v) is 18.2. The van der Waals surface area contributed by atoms with Crippen LogP contribution in [0.2, 0.25) is 0 Å². The first-order chi connectivity index (χ1) is 14.2. The molecule has 1 saturated carbocycles. The van der Waals surface area contributed by atoms with Crippen LogP contribution in [-0.2, 0) is 0 Å². The van der Waals surface area contributed by atoms with Crippen LogP contribution < -0.4 is 0 Å². The largest absolute Gasteiger partial charge is 0.286 e. The Bertz CT molecular complexity index is 1140. The minimum atomic E-state index is -0.0571. The molecule has 4 heterocycles. The number of ketones is 1. The molecule has 4 aromatic heterocycles. The number of nitrogens with one attached hydrogen (secondary N) is 1. The lowest BCUT2D eigenvalue weighted by atomic mass is 9.82. The predicted molar refractivity (Wildman–Crippen MR) is 116 cm³/mol. The summed E-state index contributed by atoms with van der Waals surface area (Å²) in [5.74, 6) is 1.15. The normalized spacial score (nSPS) is 19.6. The summed E-state index contributed by atoms with van der Waals surface area (Å²) < 4.78 is 0.828. The molecule has 0 atom stereocenters. The summed E-state index contributed by atoms with van der Waals surface area (Å²) in [4.78, 5) is 23.0. The highest BCUT2D eigenvalue weighted by Crippen LogP contribution is 2.39. The lowest BCUT2D eigenvalue weighted by molar-refractivity contribution is 0.103. The SMILES string of the molecule is CC1CCC(c2n[nH]nc2Sc2nc(C(=O)c3cccs3)c3sccc3n2)CC1. The third-order valence-corrected chi connectivity index (χ3v) is 8.01. The monoisotopic (exact) mass is 441 g/mol. The van der Waals surface area contributed by atoms with Crippen LogP contribution >= 0.6 is 34.4 Å². The van der Waals surface area contributed by atoms with Crippen LogP contribution in [0.5, 0.6) is 0 Å². The number of fused-ring (bicyclic) bond motifs is 1. The Balaban J connectivity index is 1.48. The summed E-state index contributed by atoms with van der Waals surface area (Å²) in [5.41, 5.74) is 2.26. The smallest absolute Gasteiger partial charge is 0.222 e. The molecule has 1 aliphatic rings. The van der Waals surface area contributed by atoms with E-state index in [4.69, 9.17) is 0 Å².